The van der Waals surface area contributed by atoms with E-state index >= 15 is 0 Å². The maximum atomic E-state index is 12.8. The Labute approximate surface area is 118 Å². The van der Waals surface area contributed by atoms with Gasteiger partial charge in [0.2, 0.25) is 0 Å². The highest BCUT2D eigenvalue weighted by Crippen LogP contribution is 2.31. The van der Waals surface area contributed by atoms with Crippen molar-refractivity contribution in [3.8, 4) is 0 Å². The highest BCUT2D eigenvalue weighted by Gasteiger charge is 2.26. The Hall–Kier alpha value is -2.23. The quantitative estimate of drug-likeness (QED) is 0.864. The molecule has 4 nitrogen and oxygen atoms in total. The van der Waals surface area contributed by atoms with Crippen molar-refractivity contribution in [2.24, 2.45) is 7.05 Å². The number of hydrogen-bond acceptors (Lipinski definition) is 2. The van der Waals surface area contributed by atoms with E-state index in [0.29, 0.717) is 11.4 Å². The lowest BCUT2D eigenvalue weighted by Crippen LogP contribution is -2.37. The fourth-order valence-electron chi connectivity index (χ4n) is 2.99. The molecule has 0 saturated heterocycles. The third kappa shape index (κ3) is 1.97. The molecule has 20 heavy (non-hydrogen) atoms. The van der Waals surface area contributed by atoms with Crippen LogP contribution in [0.5, 0.6) is 0 Å². The smallest absolute Gasteiger partial charge is 0.274 e. The fourth-order valence-corrected chi connectivity index (χ4v) is 2.99. The van der Waals surface area contributed by atoms with E-state index in [-0.39, 0.29) is 5.91 Å². The van der Waals surface area contributed by atoms with E-state index in [1.165, 1.54) is 5.56 Å². The van der Waals surface area contributed by atoms with Gasteiger partial charge in [0, 0.05) is 19.8 Å². The van der Waals surface area contributed by atoms with Crippen LogP contribution in [0, 0.1) is 6.92 Å². The monoisotopic (exact) mass is 269 g/mol. The molecule has 0 unspecified atom stereocenters. The van der Waals surface area contributed by atoms with Gasteiger partial charge in [-0.15, -0.1) is 0 Å². The molecule has 1 aromatic heterocycles. The van der Waals surface area contributed by atoms with Crippen LogP contribution in [0.2, 0.25) is 0 Å². The van der Waals surface area contributed by atoms with Crippen molar-refractivity contribution < 1.29 is 4.79 Å². The van der Waals surface area contributed by atoms with Crippen molar-refractivity contribution in [2.45, 2.75) is 19.8 Å². The highest BCUT2D eigenvalue weighted by molar-refractivity contribution is 6.06. The number of nitrogen functional groups attached to an aromatic ring is 1. The summed E-state index contributed by atoms with van der Waals surface area (Å²) in [6.07, 6.45) is 3.81. The summed E-state index contributed by atoms with van der Waals surface area (Å²) in [5.41, 5.74) is 10.5. The lowest BCUT2D eigenvalue weighted by molar-refractivity contribution is 0.0977. The van der Waals surface area contributed by atoms with Crippen LogP contribution < -0.4 is 10.6 Å². The molecule has 0 radical (unpaired) electrons. The zero-order chi connectivity index (χ0) is 14.3. The van der Waals surface area contributed by atoms with Gasteiger partial charge in [0.25, 0.3) is 5.91 Å². The van der Waals surface area contributed by atoms with Gasteiger partial charge in [-0.25, -0.2) is 0 Å². The molecule has 1 aliphatic heterocycles. The van der Waals surface area contributed by atoms with Crippen molar-refractivity contribution in [2.75, 3.05) is 17.2 Å². The molecule has 0 atom stereocenters. The number of nitrogens with two attached hydrogens (primary N) is 1. The van der Waals surface area contributed by atoms with E-state index in [2.05, 4.69) is 25.1 Å². The lowest BCUT2D eigenvalue weighted by atomic mass is 9.98. The number of anilines is 2. The molecule has 3 rings (SSSR count). The van der Waals surface area contributed by atoms with Gasteiger partial charge in [-0.2, -0.15) is 0 Å². The minimum absolute atomic E-state index is 0.0273. The Bertz CT molecular complexity index is 672. The van der Waals surface area contributed by atoms with Crippen LogP contribution in [0.1, 0.15) is 28.0 Å². The Morgan fingerprint density at radius 2 is 2.15 bits per heavy atom. The van der Waals surface area contributed by atoms with Gasteiger partial charge in [0.15, 0.2) is 0 Å². The van der Waals surface area contributed by atoms with Crippen LogP contribution in [-0.2, 0) is 13.5 Å². The summed E-state index contributed by atoms with van der Waals surface area (Å²) in [4.78, 5) is 14.7. The van der Waals surface area contributed by atoms with Crippen molar-refractivity contribution in [3.05, 3.63) is 47.3 Å². The van der Waals surface area contributed by atoms with Crippen molar-refractivity contribution in [3.63, 3.8) is 0 Å². The number of hydrogen-bond donors (Lipinski definition) is 1. The molecular formula is C16H19N3O. The van der Waals surface area contributed by atoms with Crippen molar-refractivity contribution in [1.82, 2.24) is 4.57 Å². The van der Waals surface area contributed by atoms with Gasteiger partial charge in [-0.1, -0.05) is 18.2 Å². The molecule has 1 amide bonds. The van der Waals surface area contributed by atoms with Crippen molar-refractivity contribution in [1.29, 1.82) is 0 Å². The Morgan fingerprint density at radius 1 is 1.35 bits per heavy atom. The summed E-state index contributed by atoms with van der Waals surface area (Å²) >= 11 is 0. The first-order chi connectivity index (χ1) is 9.58. The third-order valence-electron chi connectivity index (χ3n) is 3.91. The summed E-state index contributed by atoms with van der Waals surface area (Å²) < 4.78 is 1.80. The number of carbonyl (C=O) groups excluding carboxylic acids is 1. The maximum Gasteiger partial charge on any atom is 0.274 e. The Morgan fingerprint density at radius 3 is 2.85 bits per heavy atom. The number of fused-ring (bicyclic) bond motifs is 1. The Balaban J connectivity index is 2.05. The first kappa shape index (κ1) is 12.8. The lowest BCUT2D eigenvalue weighted by Gasteiger charge is -2.31. The number of carbonyl (C=O) groups is 1. The number of nitrogens with zero attached hydrogens (tertiary/aromatic N) is 2. The largest absolute Gasteiger partial charge is 0.397 e. The van der Waals surface area contributed by atoms with Crippen LogP contribution >= 0.6 is 0 Å². The summed E-state index contributed by atoms with van der Waals surface area (Å²) in [7, 11) is 1.85. The van der Waals surface area contributed by atoms with Crippen LogP contribution in [0.3, 0.4) is 0 Å². The van der Waals surface area contributed by atoms with Gasteiger partial charge in [-0.3, -0.25) is 4.79 Å². The van der Waals surface area contributed by atoms with E-state index in [1.54, 1.807) is 16.8 Å². The summed E-state index contributed by atoms with van der Waals surface area (Å²) in [5.74, 6) is 0.0273. The zero-order valence-electron chi connectivity index (χ0n) is 11.9. The molecule has 2 aromatic rings. The van der Waals surface area contributed by atoms with Crippen LogP contribution in [0.25, 0.3) is 0 Å². The summed E-state index contributed by atoms with van der Waals surface area (Å²) in [6, 6.07) is 7.97. The normalized spacial score (nSPS) is 14.2. The first-order valence-corrected chi connectivity index (χ1v) is 6.90. The second-order valence-electron chi connectivity index (χ2n) is 5.41. The first-order valence-electron chi connectivity index (χ1n) is 6.90. The number of amides is 1. The van der Waals surface area contributed by atoms with Gasteiger partial charge in [0.1, 0.15) is 5.69 Å². The molecule has 1 aliphatic rings. The molecule has 2 heterocycles. The van der Waals surface area contributed by atoms with Gasteiger partial charge >= 0.3 is 0 Å². The number of benzene rings is 1. The molecule has 0 aliphatic carbocycles. The van der Waals surface area contributed by atoms with E-state index in [0.717, 1.165) is 30.6 Å². The molecule has 1 aromatic carbocycles. The molecule has 4 heteroatoms. The molecular weight excluding hydrogens is 250 g/mol. The second kappa shape index (κ2) is 4.71. The molecule has 0 fully saturated rings. The minimum Gasteiger partial charge on any atom is -0.397 e. The topological polar surface area (TPSA) is 51.3 Å². The molecule has 0 saturated carbocycles. The summed E-state index contributed by atoms with van der Waals surface area (Å²) in [6.45, 7) is 2.82. The number of rotatable bonds is 1. The van der Waals surface area contributed by atoms with E-state index < -0.39 is 0 Å². The standard InChI is InChI=1S/C16H19N3O/c1-11-5-3-6-12-7-4-8-19(15(11)12)16(20)14-9-13(17)10-18(14)2/h3,5-6,9-10H,4,7-8,17H2,1-2H3. The van der Waals surface area contributed by atoms with Crippen molar-refractivity contribution >= 4 is 17.3 Å². The Kier molecular flexibility index (Phi) is 3.01. The fraction of sp³-hybridized carbons (Fsp3) is 0.312. The average Bonchev–Trinajstić information content (AvgIpc) is 2.77. The molecule has 2 N–H and O–H groups in total. The van der Waals surface area contributed by atoms with E-state index in [1.807, 2.05) is 11.9 Å². The van der Waals surface area contributed by atoms with Gasteiger partial charge < -0.3 is 15.2 Å². The average molecular weight is 269 g/mol. The number of para-hydroxylation sites is 1. The summed E-state index contributed by atoms with van der Waals surface area (Å²) in [5, 5.41) is 0. The zero-order valence-corrected chi connectivity index (χ0v) is 11.9. The molecule has 0 bridgehead atoms. The maximum absolute atomic E-state index is 12.8. The van der Waals surface area contributed by atoms with Crippen LogP contribution in [-0.4, -0.2) is 17.0 Å². The second-order valence-corrected chi connectivity index (χ2v) is 5.41. The molecule has 104 valence electrons. The predicted molar refractivity (Wildman–Crippen MR) is 81.0 cm³/mol. The van der Waals surface area contributed by atoms with Gasteiger partial charge in [0.05, 0.1) is 11.4 Å². The SMILES string of the molecule is Cc1cccc2c1N(C(=O)c1cc(N)cn1C)CCC2. The van der Waals surface area contributed by atoms with Gasteiger partial charge in [-0.05, 0) is 37.0 Å². The number of aryl methyl sites for hydroxylation is 3. The minimum atomic E-state index is 0.0273. The predicted octanol–water partition coefficient (Wildman–Crippen LogP) is 2.51. The third-order valence-corrected chi connectivity index (χ3v) is 3.91. The highest BCUT2D eigenvalue weighted by atomic mass is 16.2. The molecule has 0 spiro atoms. The number of aromatic nitrogens is 1. The van der Waals surface area contributed by atoms with Crippen LogP contribution in [0.4, 0.5) is 11.4 Å². The van der Waals surface area contributed by atoms with E-state index in [4.69, 9.17) is 5.73 Å². The van der Waals surface area contributed by atoms with Crippen LogP contribution in [0.15, 0.2) is 30.5 Å². The van der Waals surface area contributed by atoms with E-state index in [9.17, 15) is 4.79 Å².